The summed E-state index contributed by atoms with van der Waals surface area (Å²) in [7, 11) is 0. The molecule has 0 bridgehead atoms. The summed E-state index contributed by atoms with van der Waals surface area (Å²) in [5, 5.41) is 7.27. The van der Waals surface area contributed by atoms with Crippen molar-refractivity contribution in [3.63, 3.8) is 0 Å². The molecule has 2 heterocycles. The van der Waals surface area contributed by atoms with Crippen molar-refractivity contribution in [2.75, 3.05) is 18.4 Å². The van der Waals surface area contributed by atoms with E-state index in [0.717, 1.165) is 31.5 Å². The van der Waals surface area contributed by atoms with Crippen LogP contribution in [-0.4, -0.2) is 33.7 Å². The number of piperidine rings is 1. The molecule has 5 nitrogen and oxygen atoms in total. The number of carbonyl (C=O) groups excluding carboxylic acids is 1. The van der Waals surface area contributed by atoms with Crippen molar-refractivity contribution >= 4 is 11.6 Å². The molecule has 1 saturated heterocycles. The number of benzene rings is 2. The van der Waals surface area contributed by atoms with Gasteiger partial charge in [0.1, 0.15) is 11.9 Å². The summed E-state index contributed by atoms with van der Waals surface area (Å²) in [6, 6.07) is 16.2. The fourth-order valence-corrected chi connectivity index (χ4v) is 3.87. The van der Waals surface area contributed by atoms with E-state index in [1.165, 1.54) is 12.5 Å². The Morgan fingerprint density at radius 3 is 2.52 bits per heavy atom. The van der Waals surface area contributed by atoms with Gasteiger partial charge in [0.2, 0.25) is 5.91 Å². The Kier molecular flexibility index (Phi) is 6.00. The molecule has 1 aliphatic rings. The van der Waals surface area contributed by atoms with Crippen molar-refractivity contribution in [2.24, 2.45) is 0 Å². The van der Waals surface area contributed by atoms with Crippen molar-refractivity contribution in [1.82, 2.24) is 14.7 Å². The van der Waals surface area contributed by atoms with Gasteiger partial charge < -0.3 is 5.32 Å². The number of amides is 1. The first-order valence-corrected chi connectivity index (χ1v) is 10.1. The van der Waals surface area contributed by atoms with E-state index in [-0.39, 0.29) is 17.8 Å². The molecule has 0 aliphatic carbocycles. The van der Waals surface area contributed by atoms with Crippen LogP contribution in [0.5, 0.6) is 0 Å². The second-order valence-electron chi connectivity index (χ2n) is 7.42. The van der Waals surface area contributed by atoms with Crippen LogP contribution in [0.25, 0.3) is 0 Å². The molecule has 0 radical (unpaired) electrons. The number of nitrogens with zero attached hydrogens (tertiary/aromatic N) is 3. The Hall–Kier alpha value is -2.99. The summed E-state index contributed by atoms with van der Waals surface area (Å²) in [6.07, 6.45) is 6.77. The van der Waals surface area contributed by atoms with Gasteiger partial charge >= 0.3 is 0 Å². The summed E-state index contributed by atoms with van der Waals surface area (Å²) in [6.45, 7) is 2.15. The largest absolute Gasteiger partial charge is 0.322 e. The third kappa shape index (κ3) is 4.71. The lowest BCUT2D eigenvalue weighted by Crippen LogP contribution is -2.40. The Balaban J connectivity index is 1.49. The van der Waals surface area contributed by atoms with Crippen LogP contribution in [0.1, 0.15) is 36.4 Å². The molecule has 0 spiro atoms. The van der Waals surface area contributed by atoms with Gasteiger partial charge in [0.25, 0.3) is 0 Å². The highest BCUT2D eigenvalue weighted by atomic mass is 19.1. The van der Waals surface area contributed by atoms with Crippen molar-refractivity contribution in [3.8, 4) is 0 Å². The number of anilines is 1. The molecule has 150 valence electrons. The Labute approximate surface area is 170 Å². The van der Waals surface area contributed by atoms with Gasteiger partial charge in [-0.15, -0.1) is 0 Å². The smallest absolute Gasteiger partial charge is 0.246 e. The third-order valence-corrected chi connectivity index (χ3v) is 5.31. The predicted octanol–water partition coefficient (Wildman–Crippen LogP) is 4.24. The first kappa shape index (κ1) is 19.3. The van der Waals surface area contributed by atoms with Gasteiger partial charge in [0.15, 0.2) is 0 Å². The number of nitrogens with one attached hydrogen (secondary N) is 1. The van der Waals surface area contributed by atoms with E-state index in [4.69, 9.17) is 0 Å². The van der Waals surface area contributed by atoms with Crippen molar-refractivity contribution < 1.29 is 9.18 Å². The predicted molar refractivity (Wildman–Crippen MR) is 111 cm³/mol. The molecule has 6 heteroatoms. The van der Waals surface area contributed by atoms with E-state index in [1.807, 2.05) is 30.3 Å². The van der Waals surface area contributed by atoms with Gasteiger partial charge in [0, 0.05) is 11.8 Å². The minimum Gasteiger partial charge on any atom is -0.322 e. The lowest BCUT2D eigenvalue weighted by Gasteiger charge is -2.33. The zero-order chi connectivity index (χ0) is 20.1. The van der Waals surface area contributed by atoms with Crippen molar-refractivity contribution in [3.05, 3.63) is 83.9 Å². The van der Waals surface area contributed by atoms with Crippen LogP contribution in [0.15, 0.2) is 67.0 Å². The summed E-state index contributed by atoms with van der Waals surface area (Å²) in [5.74, 6) is -0.327. The molecule has 1 N–H and O–H groups in total. The molecule has 29 heavy (non-hydrogen) atoms. The fraction of sp³-hybridized carbons (Fsp3) is 0.304. The van der Waals surface area contributed by atoms with E-state index in [2.05, 4.69) is 15.3 Å². The number of hydrogen-bond donors (Lipinski definition) is 1. The van der Waals surface area contributed by atoms with Gasteiger partial charge in [-0.25, -0.2) is 4.39 Å². The van der Waals surface area contributed by atoms with Gasteiger partial charge in [-0.2, -0.15) is 5.10 Å². The maximum atomic E-state index is 13.9. The molecule has 1 atom stereocenters. The maximum absolute atomic E-state index is 13.9. The molecule has 1 aliphatic heterocycles. The first-order chi connectivity index (χ1) is 14.2. The molecule has 4 rings (SSSR count). The van der Waals surface area contributed by atoms with Crippen LogP contribution in [0.4, 0.5) is 10.1 Å². The van der Waals surface area contributed by atoms with Gasteiger partial charge in [0.05, 0.1) is 18.4 Å². The lowest BCUT2D eigenvalue weighted by molar-refractivity contribution is -0.122. The standard InChI is InChI=1S/C23H25FN4O/c24-21-12-6-5-11-19(21)16-28-17-20(15-25-28)26-23(29)22(18-9-3-1-4-10-18)27-13-7-2-8-14-27/h1,3-6,9-12,15,17,22H,2,7-8,13-14,16H2,(H,26,29)/t22-/m0/s1. The van der Waals surface area contributed by atoms with Crippen LogP contribution >= 0.6 is 0 Å². The third-order valence-electron chi connectivity index (χ3n) is 5.31. The summed E-state index contributed by atoms with van der Waals surface area (Å²) < 4.78 is 15.5. The molecule has 3 aromatic rings. The minimum absolute atomic E-state index is 0.0662. The first-order valence-electron chi connectivity index (χ1n) is 10.1. The molecule has 2 aromatic carbocycles. The Morgan fingerprint density at radius 2 is 1.76 bits per heavy atom. The fourth-order valence-electron chi connectivity index (χ4n) is 3.87. The summed E-state index contributed by atoms with van der Waals surface area (Å²) >= 11 is 0. The second kappa shape index (κ2) is 9.01. The van der Waals surface area contributed by atoms with Crippen LogP contribution in [-0.2, 0) is 11.3 Å². The summed E-state index contributed by atoms with van der Waals surface area (Å²) in [5.41, 5.74) is 2.17. The average Bonchev–Trinajstić information content (AvgIpc) is 3.18. The maximum Gasteiger partial charge on any atom is 0.246 e. The van der Waals surface area contributed by atoms with E-state index in [1.54, 1.807) is 35.3 Å². The Morgan fingerprint density at radius 1 is 1.03 bits per heavy atom. The van der Waals surface area contributed by atoms with Gasteiger partial charge in [-0.05, 0) is 37.6 Å². The minimum atomic E-state index is -0.327. The van der Waals surface area contributed by atoms with Crippen molar-refractivity contribution in [2.45, 2.75) is 31.8 Å². The zero-order valence-electron chi connectivity index (χ0n) is 16.3. The highest BCUT2D eigenvalue weighted by molar-refractivity contribution is 5.95. The molecule has 1 amide bonds. The van der Waals surface area contributed by atoms with Crippen LogP contribution in [0.3, 0.4) is 0 Å². The molecule has 1 aromatic heterocycles. The second-order valence-corrected chi connectivity index (χ2v) is 7.42. The van der Waals surface area contributed by atoms with E-state index in [0.29, 0.717) is 17.8 Å². The highest BCUT2D eigenvalue weighted by Crippen LogP contribution is 2.26. The lowest BCUT2D eigenvalue weighted by atomic mass is 10.0. The number of rotatable bonds is 6. The number of likely N-dealkylation sites (tertiary alicyclic amines) is 1. The zero-order valence-corrected chi connectivity index (χ0v) is 16.3. The SMILES string of the molecule is O=C(Nc1cnn(Cc2ccccc2F)c1)[C@H](c1ccccc1)N1CCCCC1. The normalized spacial score (nSPS) is 15.8. The molecule has 1 fully saturated rings. The quantitative estimate of drug-likeness (QED) is 0.683. The monoisotopic (exact) mass is 392 g/mol. The molecule has 0 unspecified atom stereocenters. The summed E-state index contributed by atoms with van der Waals surface area (Å²) in [4.78, 5) is 15.4. The van der Waals surface area contributed by atoms with Crippen LogP contribution in [0, 0.1) is 5.82 Å². The van der Waals surface area contributed by atoms with Crippen LogP contribution in [0.2, 0.25) is 0 Å². The number of hydrogen-bond acceptors (Lipinski definition) is 3. The number of halogens is 1. The molecular weight excluding hydrogens is 367 g/mol. The molecular formula is C23H25FN4O. The van der Waals surface area contributed by atoms with Crippen LogP contribution < -0.4 is 5.32 Å². The molecule has 0 saturated carbocycles. The van der Waals surface area contributed by atoms with E-state index in [9.17, 15) is 9.18 Å². The van der Waals surface area contributed by atoms with E-state index >= 15 is 0 Å². The van der Waals surface area contributed by atoms with Crippen molar-refractivity contribution in [1.29, 1.82) is 0 Å². The van der Waals surface area contributed by atoms with Gasteiger partial charge in [-0.3, -0.25) is 14.4 Å². The average molecular weight is 392 g/mol. The topological polar surface area (TPSA) is 50.2 Å². The van der Waals surface area contributed by atoms with Gasteiger partial charge in [-0.1, -0.05) is 55.0 Å². The number of aromatic nitrogens is 2. The number of carbonyl (C=O) groups is 1. The highest BCUT2D eigenvalue weighted by Gasteiger charge is 2.28. The Bertz CT molecular complexity index is 950. The van der Waals surface area contributed by atoms with E-state index < -0.39 is 0 Å².